The quantitative estimate of drug-likeness (QED) is 0.690. The van der Waals surface area contributed by atoms with E-state index in [-0.39, 0.29) is 6.54 Å². The van der Waals surface area contributed by atoms with Gasteiger partial charge in [-0.1, -0.05) is 18.6 Å². The van der Waals surface area contributed by atoms with Crippen LogP contribution in [0.2, 0.25) is 0 Å². The molecule has 0 amide bonds. The molecule has 0 aliphatic rings. The third-order valence-electron chi connectivity index (χ3n) is 3.67. The number of unbranched alkanes of at least 4 members (excludes halogenated alkanes) is 1. The van der Waals surface area contributed by atoms with Crippen LogP contribution in [0.5, 0.6) is 0 Å². The maximum absolute atomic E-state index is 13.3. The molecular formula is C17H16F2N6. The van der Waals surface area contributed by atoms with E-state index < -0.39 is 11.6 Å². The van der Waals surface area contributed by atoms with Crippen LogP contribution in [0.15, 0.2) is 30.6 Å². The van der Waals surface area contributed by atoms with Gasteiger partial charge in [-0.05, 0) is 30.5 Å². The third kappa shape index (κ3) is 3.88. The van der Waals surface area contributed by atoms with Crippen LogP contribution in [-0.2, 0) is 13.0 Å². The second kappa shape index (κ2) is 7.21. The molecule has 1 aromatic carbocycles. The Bertz CT molecular complexity index is 901. The molecule has 0 N–H and O–H groups in total. The second-order valence-electron chi connectivity index (χ2n) is 5.71. The Morgan fingerprint density at radius 1 is 1.16 bits per heavy atom. The van der Waals surface area contributed by atoms with Crippen molar-refractivity contribution in [2.24, 2.45) is 0 Å². The molecule has 0 saturated carbocycles. The lowest BCUT2D eigenvalue weighted by Gasteiger charge is -2.02. The fraction of sp³-hybridized carbons (Fsp3) is 0.294. The van der Waals surface area contributed by atoms with E-state index in [1.165, 1.54) is 27.7 Å². The SMILES string of the molecule is CCCCc1cn(-c2nn(Cc3cc(F)cc(F)c3)cc2C#N)nn1. The van der Waals surface area contributed by atoms with Crippen LogP contribution in [0, 0.1) is 23.0 Å². The molecule has 0 fully saturated rings. The normalized spacial score (nSPS) is 10.8. The maximum atomic E-state index is 13.3. The highest BCUT2D eigenvalue weighted by Gasteiger charge is 2.14. The van der Waals surface area contributed by atoms with Gasteiger partial charge in [0, 0.05) is 12.3 Å². The summed E-state index contributed by atoms with van der Waals surface area (Å²) < 4.78 is 29.5. The van der Waals surface area contributed by atoms with Crippen molar-refractivity contribution in [3.05, 3.63) is 59.0 Å². The predicted molar refractivity (Wildman–Crippen MR) is 85.9 cm³/mol. The van der Waals surface area contributed by atoms with Gasteiger partial charge in [0.2, 0.25) is 0 Å². The van der Waals surface area contributed by atoms with E-state index in [2.05, 4.69) is 28.4 Å². The van der Waals surface area contributed by atoms with Gasteiger partial charge in [0.1, 0.15) is 23.3 Å². The Hall–Kier alpha value is -3.08. The fourth-order valence-corrected chi connectivity index (χ4v) is 2.50. The topological polar surface area (TPSA) is 72.3 Å². The van der Waals surface area contributed by atoms with E-state index in [4.69, 9.17) is 0 Å². The molecular weight excluding hydrogens is 326 g/mol. The van der Waals surface area contributed by atoms with E-state index in [1.807, 2.05) is 0 Å². The van der Waals surface area contributed by atoms with Crippen LogP contribution in [0.25, 0.3) is 5.82 Å². The van der Waals surface area contributed by atoms with Crippen molar-refractivity contribution >= 4 is 0 Å². The first kappa shape index (κ1) is 16.8. The largest absolute Gasteiger partial charge is 0.265 e. The Balaban J connectivity index is 1.86. The molecule has 3 aromatic rings. The number of aromatic nitrogens is 5. The van der Waals surface area contributed by atoms with Gasteiger partial charge in [-0.3, -0.25) is 4.68 Å². The lowest BCUT2D eigenvalue weighted by Crippen LogP contribution is -2.04. The third-order valence-corrected chi connectivity index (χ3v) is 3.67. The van der Waals surface area contributed by atoms with E-state index in [0.29, 0.717) is 16.9 Å². The molecule has 128 valence electrons. The molecule has 0 spiro atoms. The Morgan fingerprint density at radius 3 is 2.60 bits per heavy atom. The Labute approximate surface area is 143 Å². The van der Waals surface area contributed by atoms with Crippen LogP contribution in [0.4, 0.5) is 8.78 Å². The zero-order valence-corrected chi connectivity index (χ0v) is 13.7. The summed E-state index contributed by atoms with van der Waals surface area (Å²) in [6.07, 6.45) is 6.12. The summed E-state index contributed by atoms with van der Waals surface area (Å²) >= 11 is 0. The van der Waals surface area contributed by atoms with Crippen LogP contribution in [0.1, 0.15) is 36.6 Å². The average molecular weight is 342 g/mol. The first-order chi connectivity index (χ1) is 12.1. The molecule has 0 radical (unpaired) electrons. The molecule has 8 heteroatoms. The highest BCUT2D eigenvalue weighted by molar-refractivity contribution is 5.41. The standard InChI is InChI=1S/C17H16F2N6/c1-2-3-4-16-11-25(23-21-16)17-13(8-20)10-24(22-17)9-12-5-14(18)7-15(19)6-12/h5-7,10-11H,2-4,9H2,1H3. The minimum Gasteiger partial charge on any atom is -0.265 e. The number of hydrogen-bond donors (Lipinski definition) is 0. The molecule has 3 rings (SSSR count). The lowest BCUT2D eigenvalue weighted by atomic mass is 10.2. The van der Waals surface area contributed by atoms with Crippen molar-refractivity contribution < 1.29 is 8.78 Å². The number of nitrogens with zero attached hydrogens (tertiary/aromatic N) is 6. The van der Waals surface area contributed by atoms with Gasteiger partial charge in [0.25, 0.3) is 0 Å². The minimum absolute atomic E-state index is 0.140. The monoisotopic (exact) mass is 342 g/mol. The second-order valence-corrected chi connectivity index (χ2v) is 5.71. The smallest absolute Gasteiger partial charge is 0.194 e. The molecule has 0 bridgehead atoms. The number of benzene rings is 1. The van der Waals surface area contributed by atoms with E-state index in [0.717, 1.165) is 31.0 Å². The van der Waals surface area contributed by atoms with Crippen molar-refractivity contribution in [1.29, 1.82) is 5.26 Å². The first-order valence-corrected chi connectivity index (χ1v) is 7.93. The summed E-state index contributed by atoms with van der Waals surface area (Å²) in [4.78, 5) is 0. The highest BCUT2D eigenvalue weighted by atomic mass is 19.1. The molecule has 6 nitrogen and oxygen atoms in total. The van der Waals surface area contributed by atoms with Gasteiger partial charge in [-0.15, -0.1) is 5.10 Å². The number of aryl methyl sites for hydroxylation is 1. The Kier molecular flexibility index (Phi) is 4.84. The van der Waals surface area contributed by atoms with Crippen molar-refractivity contribution in [2.45, 2.75) is 32.7 Å². The van der Waals surface area contributed by atoms with Crippen molar-refractivity contribution in [3.8, 4) is 11.9 Å². The van der Waals surface area contributed by atoms with E-state index in [9.17, 15) is 14.0 Å². The number of rotatable bonds is 6. The van der Waals surface area contributed by atoms with Crippen LogP contribution >= 0.6 is 0 Å². The van der Waals surface area contributed by atoms with Crippen LogP contribution < -0.4 is 0 Å². The van der Waals surface area contributed by atoms with Gasteiger partial charge >= 0.3 is 0 Å². The van der Waals surface area contributed by atoms with Gasteiger partial charge in [-0.2, -0.15) is 15.0 Å². The Morgan fingerprint density at radius 2 is 1.92 bits per heavy atom. The predicted octanol–water partition coefficient (Wildman–Crippen LogP) is 3.00. The summed E-state index contributed by atoms with van der Waals surface area (Å²) in [7, 11) is 0. The molecule has 0 unspecified atom stereocenters. The van der Waals surface area contributed by atoms with Gasteiger partial charge in [0.15, 0.2) is 5.82 Å². The van der Waals surface area contributed by atoms with Crippen molar-refractivity contribution in [2.75, 3.05) is 0 Å². The van der Waals surface area contributed by atoms with E-state index in [1.54, 1.807) is 6.20 Å². The summed E-state index contributed by atoms with van der Waals surface area (Å²) in [6, 6.07) is 5.33. The maximum Gasteiger partial charge on any atom is 0.194 e. The van der Waals surface area contributed by atoms with Crippen LogP contribution in [-0.4, -0.2) is 24.8 Å². The van der Waals surface area contributed by atoms with E-state index >= 15 is 0 Å². The van der Waals surface area contributed by atoms with Crippen molar-refractivity contribution in [3.63, 3.8) is 0 Å². The van der Waals surface area contributed by atoms with Gasteiger partial charge in [0.05, 0.1) is 18.4 Å². The zero-order chi connectivity index (χ0) is 17.8. The number of hydrogen-bond acceptors (Lipinski definition) is 4. The van der Waals surface area contributed by atoms with Crippen LogP contribution in [0.3, 0.4) is 0 Å². The summed E-state index contributed by atoms with van der Waals surface area (Å²) in [5, 5.41) is 21.7. The number of nitriles is 1. The molecule has 0 saturated heterocycles. The fourth-order valence-electron chi connectivity index (χ4n) is 2.50. The minimum atomic E-state index is -0.653. The molecule has 0 aliphatic carbocycles. The summed E-state index contributed by atoms with van der Waals surface area (Å²) in [5.74, 6) is -0.964. The molecule has 25 heavy (non-hydrogen) atoms. The number of halogens is 2. The first-order valence-electron chi connectivity index (χ1n) is 7.93. The van der Waals surface area contributed by atoms with Gasteiger partial charge in [-0.25, -0.2) is 8.78 Å². The van der Waals surface area contributed by atoms with Gasteiger partial charge < -0.3 is 0 Å². The van der Waals surface area contributed by atoms with Crippen molar-refractivity contribution in [1.82, 2.24) is 24.8 Å². The lowest BCUT2D eigenvalue weighted by molar-refractivity contribution is 0.574. The average Bonchev–Trinajstić information content (AvgIpc) is 3.18. The summed E-state index contributed by atoms with van der Waals surface area (Å²) in [5.41, 5.74) is 1.55. The highest BCUT2D eigenvalue weighted by Crippen LogP contribution is 2.14. The molecule has 0 aliphatic heterocycles. The molecule has 2 aromatic heterocycles. The molecule has 0 atom stereocenters. The zero-order valence-electron chi connectivity index (χ0n) is 13.7. The molecule has 2 heterocycles. The summed E-state index contributed by atoms with van der Waals surface area (Å²) in [6.45, 7) is 2.23.